The molecule has 2 aliphatic heterocycles. The molecule has 10 heteroatoms. The topological polar surface area (TPSA) is 120 Å². The van der Waals surface area contributed by atoms with E-state index in [1.807, 2.05) is 37.1 Å². The number of anilines is 1. The second kappa shape index (κ2) is 11.2. The lowest BCUT2D eigenvalue weighted by Crippen LogP contribution is -2.47. The van der Waals surface area contributed by atoms with Gasteiger partial charge in [0.1, 0.15) is 11.9 Å². The number of carbonyl (C=O) groups is 2. The Morgan fingerprint density at radius 3 is 2.73 bits per heavy atom. The Bertz CT molecular complexity index is 1030. The molecule has 2 fully saturated rings. The zero-order valence-electron chi connectivity index (χ0n) is 19.2. The summed E-state index contributed by atoms with van der Waals surface area (Å²) in [7, 11) is 0. The van der Waals surface area contributed by atoms with E-state index < -0.39 is 0 Å². The van der Waals surface area contributed by atoms with Gasteiger partial charge in [-0.2, -0.15) is 5.26 Å². The standard InChI is InChI=1S/C22H27N5O2S.CH2O2/c1-14-6-15(2)24-22(20(14)7-23)26-8-17-9-27(19(10-26)12-29-11-17)21(28)5-4-18-13-30-16(3)25-18;2-1-3/h6,13,17,19H,4-5,8-12H2,1-3H3;1H,(H,2,3)/t17-,19-;/m0./s1. The predicted molar refractivity (Wildman–Crippen MR) is 124 cm³/mol. The highest BCUT2D eigenvalue weighted by Gasteiger charge is 2.36. The molecule has 33 heavy (non-hydrogen) atoms. The molecule has 9 nitrogen and oxygen atoms in total. The van der Waals surface area contributed by atoms with Crippen LogP contribution in [0.5, 0.6) is 0 Å². The number of rotatable bonds is 4. The number of hydrogen-bond acceptors (Lipinski definition) is 8. The van der Waals surface area contributed by atoms with Crippen molar-refractivity contribution >= 4 is 29.5 Å². The number of thiazole rings is 1. The van der Waals surface area contributed by atoms with Gasteiger partial charge in [-0.1, -0.05) is 0 Å². The van der Waals surface area contributed by atoms with E-state index in [1.165, 1.54) is 0 Å². The number of carbonyl (C=O) groups excluding carboxylic acids is 1. The van der Waals surface area contributed by atoms with Crippen LogP contribution in [0.25, 0.3) is 0 Å². The summed E-state index contributed by atoms with van der Waals surface area (Å²) in [6, 6.07) is 4.23. The molecule has 2 aliphatic rings. The van der Waals surface area contributed by atoms with Crippen LogP contribution in [0.2, 0.25) is 0 Å². The average Bonchev–Trinajstić information content (AvgIpc) is 2.96. The van der Waals surface area contributed by atoms with E-state index in [-0.39, 0.29) is 24.3 Å². The van der Waals surface area contributed by atoms with Crippen LogP contribution < -0.4 is 4.90 Å². The van der Waals surface area contributed by atoms with Crippen LogP contribution in [-0.4, -0.2) is 71.2 Å². The zero-order chi connectivity index (χ0) is 24.0. The highest BCUT2D eigenvalue weighted by Crippen LogP contribution is 2.28. The molecule has 0 aromatic carbocycles. The van der Waals surface area contributed by atoms with Crippen LogP contribution >= 0.6 is 11.3 Å². The molecule has 4 heterocycles. The molecule has 1 amide bonds. The van der Waals surface area contributed by atoms with Gasteiger partial charge >= 0.3 is 0 Å². The Hall–Kier alpha value is -3.03. The van der Waals surface area contributed by atoms with Crippen molar-refractivity contribution in [2.24, 2.45) is 5.92 Å². The number of aryl methyl sites for hydroxylation is 4. The summed E-state index contributed by atoms with van der Waals surface area (Å²) >= 11 is 1.62. The number of fused-ring (bicyclic) bond motifs is 3. The molecular formula is C23H29N5O4S. The van der Waals surface area contributed by atoms with Crippen LogP contribution in [0.3, 0.4) is 0 Å². The van der Waals surface area contributed by atoms with E-state index in [0.29, 0.717) is 44.7 Å². The van der Waals surface area contributed by atoms with E-state index in [0.717, 1.165) is 34.3 Å². The van der Waals surface area contributed by atoms with Crippen LogP contribution in [-0.2, 0) is 20.7 Å². The third-order valence-electron chi connectivity index (χ3n) is 5.79. The first-order valence-corrected chi connectivity index (χ1v) is 11.7. The maximum absolute atomic E-state index is 13.1. The van der Waals surface area contributed by atoms with Crippen molar-refractivity contribution in [3.05, 3.63) is 39.0 Å². The zero-order valence-corrected chi connectivity index (χ0v) is 20.0. The maximum Gasteiger partial charge on any atom is 0.290 e. The van der Waals surface area contributed by atoms with E-state index in [4.69, 9.17) is 19.6 Å². The Morgan fingerprint density at radius 1 is 1.30 bits per heavy atom. The fourth-order valence-corrected chi connectivity index (χ4v) is 5.05. The quantitative estimate of drug-likeness (QED) is 0.675. The number of nitriles is 1. The minimum Gasteiger partial charge on any atom is -0.483 e. The number of pyridine rings is 1. The second-order valence-electron chi connectivity index (χ2n) is 8.36. The van der Waals surface area contributed by atoms with Crippen molar-refractivity contribution in [2.75, 3.05) is 37.7 Å². The minimum atomic E-state index is -0.250. The molecule has 0 radical (unpaired) electrons. The molecule has 2 aromatic heterocycles. The molecule has 0 unspecified atom stereocenters. The Morgan fingerprint density at radius 2 is 2.06 bits per heavy atom. The van der Waals surface area contributed by atoms with Gasteiger partial charge in [-0.15, -0.1) is 11.3 Å². The van der Waals surface area contributed by atoms with Gasteiger partial charge in [0.25, 0.3) is 6.47 Å². The fourth-order valence-electron chi connectivity index (χ4n) is 4.41. The van der Waals surface area contributed by atoms with Gasteiger partial charge in [0.05, 0.1) is 35.5 Å². The third kappa shape index (κ3) is 6.06. The smallest absolute Gasteiger partial charge is 0.290 e. The number of amides is 1. The number of carboxylic acid groups (broad SMARTS) is 1. The van der Waals surface area contributed by atoms with Gasteiger partial charge in [0, 0.05) is 43.0 Å². The first kappa shape index (κ1) is 24.6. The molecule has 2 aromatic rings. The van der Waals surface area contributed by atoms with E-state index in [1.54, 1.807) is 11.3 Å². The summed E-state index contributed by atoms with van der Waals surface area (Å²) < 4.78 is 5.88. The highest BCUT2D eigenvalue weighted by molar-refractivity contribution is 7.09. The van der Waals surface area contributed by atoms with E-state index in [9.17, 15) is 10.1 Å². The summed E-state index contributed by atoms with van der Waals surface area (Å²) in [5, 5.41) is 19.7. The largest absolute Gasteiger partial charge is 0.483 e. The van der Waals surface area contributed by atoms with Crippen LogP contribution in [0.4, 0.5) is 5.82 Å². The number of aromatic nitrogens is 2. The van der Waals surface area contributed by atoms with Gasteiger partial charge in [-0.3, -0.25) is 9.59 Å². The van der Waals surface area contributed by atoms with E-state index in [2.05, 4.69) is 16.0 Å². The van der Waals surface area contributed by atoms with E-state index >= 15 is 0 Å². The predicted octanol–water partition coefficient (Wildman–Crippen LogP) is 2.33. The van der Waals surface area contributed by atoms with Crippen molar-refractivity contribution < 1.29 is 19.4 Å². The molecule has 0 saturated carbocycles. The second-order valence-corrected chi connectivity index (χ2v) is 9.42. The normalized spacial score (nSPS) is 19.7. The van der Waals surface area contributed by atoms with Gasteiger partial charge < -0.3 is 19.6 Å². The maximum atomic E-state index is 13.1. The summed E-state index contributed by atoms with van der Waals surface area (Å²) in [5.41, 5.74) is 3.45. The third-order valence-corrected chi connectivity index (χ3v) is 6.61. The number of ether oxygens (including phenoxy) is 1. The van der Waals surface area contributed by atoms with Gasteiger partial charge in [0.15, 0.2) is 0 Å². The molecule has 0 spiro atoms. The molecule has 1 N–H and O–H groups in total. The monoisotopic (exact) mass is 471 g/mol. The molecular weight excluding hydrogens is 442 g/mol. The molecule has 0 aliphatic carbocycles. The van der Waals surface area contributed by atoms with Crippen molar-refractivity contribution in [2.45, 2.75) is 39.7 Å². The Balaban J connectivity index is 0.000000968. The van der Waals surface area contributed by atoms with Crippen molar-refractivity contribution in [1.82, 2.24) is 14.9 Å². The number of nitrogens with zero attached hydrogens (tertiary/aromatic N) is 5. The molecule has 2 atom stereocenters. The summed E-state index contributed by atoms with van der Waals surface area (Å²) in [6.07, 6.45) is 1.12. The first-order chi connectivity index (χ1) is 15.9. The van der Waals surface area contributed by atoms with Crippen molar-refractivity contribution in [3.63, 3.8) is 0 Å². The average molecular weight is 472 g/mol. The van der Waals surface area contributed by atoms with Gasteiger partial charge in [-0.05, 0) is 38.8 Å². The Labute approximate surface area is 197 Å². The van der Waals surface area contributed by atoms with Crippen LogP contribution in [0, 0.1) is 38.0 Å². The summed E-state index contributed by atoms with van der Waals surface area (Å²) in [4.78, 5) is 34.8. The van der Waals surface area contributed by atoms with Gasteiger partial charge in [0.2, 0.25) is 5.91 Å². The minimum absolute atomic E-state index is 0.0451. The summed E-state index contributed by atoms with van der Waals surface area (Å²) in [6.45, 7) is 8.82. The summed E-state index contributed by atoms with van der Waals surface area (Å²) in [5.74, 6) is 1.08. The fraction of sp³-hybridized carbons (Fsp3) is 0.522. The SMILES string of the molecule is Cc1cc(C)c(C#N)c(N2C[C@@H]3COC[C@H](C2)N(C(=O)CCc2csc(C)n2)C3)n1.O=CO. The molecule has 176 valence electrons. The lowest BCUT2D eigenvalue weighted by atomic mass is 10.1. The van der Waals surface area contributed by atoms with Gasteiger partial charge in [-0.25, -0.2) is 9.97 Å². The molecule has 2 bridgehead atoms. The highest BCUT2D eigenvalue weighted by atomic mass is 32.1. The van der Waals surface area contributed by atoms with Crippen LogP contribution in [0.1, 0.15) is 33.9 Å². The first-order valence-electron chi connectivity index (χ1n) is 10.9. The van der Waals surface area contributed by atoms with Crippen LogP contribution in [0.15, 0.2) is 11.4 Å². The lowest BCUT2D eigenvalue weighted by Gasteiger charge is -2.32. The van der Waals surface area contributed by atoms with Crippen molar-refractivity contribution in [3.8, 4) is 6.07 Å². The molecule has 2 saturated heterocycles. The lowest BCUT2D eigenvalue weighted by molar-refractivity contribution is -0.133. The van der Waals surface area contributed by atoms with Crippen molar-refractivity contribution in [1.29, 1.82) is 5.26 Å². The number of hydrogen-bond donors (Lipinski definition) is 1. The Kier molecular flexibility index (Phi) is 8.36. The molecule has 4 rings (SSSR count).